The van der Waals surface area contributed by atoms with Gasteiger partial charge in [0.05, 0.1) is 10.0 Å². The lowest BCUT2D eigenvalue weighted by atomic mass is 10.2. The summed E-state index contributed by atoms with van der Waals surface area (Å²) in [7, 11) is -3.72. The number of nitrogens with two attached hydrogens (primary N) is 1. The van der Waals surface area contributed by atoms with Gasteiger partial charge in [-0.2, -0.15) is 0 Å². The van der Waals surface area contributed by atoms with E-state index >= 15 is 0 Å². The van der Waals surface area contributed by atoms with Gasteiger partial charge in [0.15, 0.2) is 0 Å². The van der Waals surface area contributed by atoms with Crippen LogP contribution in [0.25, 0.3) is 0 Å². The third-order valence-electron chi connectivity index (χ3n) is 2.65. The van der Waals surface area contributed by atoms with Crippen molar-refractivity contribution in [3.63, 3.8) is 0 Å². The lowest BCUT2D eigenvalue weighted by molar-refractivity contribution is 0.581. The Morgan fingerprint density at radius 3 is 2.35 bits per heavy atom. The molecule has 0 amide bonds. The Morgan fingerprint density at radius 1 is 1.05 bits per heavy atom. The molecule has 0 unspecified atom stereocenters. The molecule has 4 nitrogen and oxygen atoms in total. The number of anilines is 1. The third kappa shape index (κ3) is 3.43. The Morgan fingerprint density at radius 2 is 1.70 bits per heavy atom. The van der Waals surface area contributed by atoms with Crippen molar-refractivity contribution in [1.29, 1.82) is 0 Å². The molecule has 0 aliphatic rings. The number of benzene rings is 2. The molecule has 0 saturated carbocycles. The largest absolute Gasteiger partial charge is 0.399 e. The zero-order chi connectivity index (χ0) is 14.8. The van der Waals surface area contributed by atoms with E-state index in [1.54, 1.807) is 24.3 Å². The van der Waals surface area contributed by atoms with Crippen LogP contribution < -0.4 is 10.5 Å². The van der Waals surface area contributed by atoms with E-state index in [9.17, 15) is 8.42 Å². The summed E-state index contributed by atoms with van der Waals surface area (Å²) in [5.41, 5.74) is 6.98. The summed E-state index contributed by atoms with van der Waals surface area (Å²) < 4.78 is 26.8. The summed E-state index contributed by atoms with van der Waals surface area (Å²) >= 11 is 11.7. The molecule has 7 heteroatoms. The molecular weight excluding hydrogens is 319 g/mol. The van der Waals surface area contributed by atoms with Gasteiger partial charge in [0.25, 0.3) is 0 Å². The van der Waals surface area contributed by atoms with E-state index in [0.717, 1.165) is 5.56 Å². The van der Waals surface area contributed by atoms with Crippen molar-refractivity contribution < 1.29 is 8.42 Å². The van der Waals surface area contributed by atoms with Gasteiger partial charge in [-0.15, -0.1) is 0 Å². The number of sulfonamides is 1. The highest BCUT2D eigenvalue weighted by atomic mass is 35.5. The van der Waals surface area contributed by atoms with Crippen LogP contribution in [0.15, 0.2) is 47.4 Å². The second kappa shape index (κ2) is 6.01. The molecule has 0 bridgehead atoms. The number of nitrogen functional groups attached to an aromatic ring is 1. The van der Waals surface area contributed by atoms with Gasteiger partial charge in [-0.25, -0.2) is 13.1 Å². The predicted molar refractivity (Wildman–Crippen MR) is 81.3 cm³/mol. The van der Waals surface area contributed by atoms with E-state index < -0.39 is 10.0 Å². The van der Waals surface area contributed by atoms with Gasteiger partial charge in [-0.05, 0) is 29.8 Å². The lowest BCUT2D eigenvalue weighted by Crippen LogP contribution is -2.23. The first kappa shape index (κ1) is 15.1. The molecule has 0 heterocycles. The van der Waals surface area contributed by atoms with Crippen LogP contribution in [0.3, 0.4) is 0 Å². The molecule has 0 saturated heterocycles. The molecule has 0 spiro atoms. The molecule has 3 N–H and O–H groups in total. The van der Waals surface area contributed by atoms with E-state index in [4.69, 9.17) is 28.9 Å². The molecule has 0 aromatic heterocycles. The number of rotatable bonds is 4. The molecule has 0 aliphatic heterocycles. The maximum atomic E-state index is 12.2. The van der Waals surface area contributed by atoms with E-state index in [1.165, 1.54) is 18.2 Å². The molecule has 0 aliphatic carbocycles. The smallest absolute Gasteiger partial charge is 0.242 e. The van der Waals surface area contributed by atoms with Gasteiger partial charge < -0.3 is 5.73 Å². The van der Waals surface area contributed by atoms with Crippen LogP contribution in [-0.2, 0) is 16.6 Å². The van der Waals surface area contributed by atoms with E-state index in [-0.39, 0.29) is 21.5 Å². The second-order valence-corrected chi connectivity index (χ2v) is 6.64. The minimum absolute atomic E-state index is 0.0129. The van der Waals surface area contributed by atoms with Gasteiger partial charge in [-0.1, -0.05) is 41.4 Å². The Hall–Kier alpha value is -1.27. The fraction of sp³-hybridized carbons (Fsp3) is 0.0769. The van der Waals surface area contributed by atoms with Gasteiger partial charge in [0, 0.05) is 12.2 Å². The van der Waals surface area contributed by atoms with E-state index in [1.807, 2.05) is 0 Å². The van der Waals surface area contributed by atoms with Gasteiger partial charge in [0.2, 0.25) is 10.0 Å². The molecule has 106 valence electrons. The molecule has 2 aromatic rings. The monoisotopic (exact) mass is 330 g/mol. The van der Waals surface area contributed by atoms with Gasteiger partial charge in [-0.3, -0.25) is 0 Å². The Balaban J connectivity index is 2.19. The van der Waals surface area contributed by atoms with Crippen molar-refractivity contribution in [1.82, 2.24) is 4.72 Å². The van der Waals surface area contributed by atoms with E-state index in [0.29, 0.717) is 5.69 Å². The number of hydrogen-bond acceptors (Lipinski definition) is 3. The maximum Gasteiger partial charge on any atom is 0.242 e. The Labute approximate surface area is 127 Å². The van der Waals surface area contributed by atoms with Crippen molar-refractivity contribution in [2.75, 3.05) is 5.73 Å². The average molecular weight is 331 g/mol. The van der Waals surface area contributed by atoms with Crippen molar-refractivity contribution in [3.8, 4) is 0 Å². The fourth-order valence-corrected chi connectivity index (χ4v) is 3.36. The summed E-state index contributed by atoms with van der Waals surface area (Å²) in [4.78, 5) is -0.0397. The molecule has 2 aromatic carbocycles. The topological polar surface area (TPSA) is 72.2 Å². The van der Waals surface area contributed by atoms with Crippen LogP contribution in [0.2, 0.25) is 10.0 Å². The highest BCUT2D eigenvalue weighted by molar-refractivity contribution is 7.89. The number of nitrogens with one attached hydrogen (secondary N) is 1. The number of hydrogen-bond donors (Lipinski definition) is 2. The first-order valence-corrected chi connectivity index (χ1v) is 7.92. The summed E-state index contributed by atoms with van der Waals surface area (Å²) in [5, 5.41) is 0.209. The summed E-state index contributed by atoms with van der Waals surface area (Å²) in [5.74, 6) is 0. The molecule has 0 fully saturated rings. The van der Waals surface area contributed by atoms with Crippen molar-refractivity contribution >= 4 is 38.9 Å². The van der Waals surface area contributed by atoms with Crippen molar-refractivity contribution in [3.05, 3.63) is 58.1 Å². The van der Waals surface area contributed by atoms with Crippen LogP contribution in [0.1, 0.15) is 5.56 Å². The molecule has 2 rings (SSSR count). The predicted octanol–water partition coefficient (Wildman–Crippen LogP) is 3.05. The third-order valence-corrected chi connectivity index (χ3v) is 5.03. The highest BCUT2D eigenvalue weighted by Crippen LogP contribution is 2.28. The first-order valence-electron chi connectivity index (χ1n) is 5.68. The maximum absolute atomic E-state index is 12.2. The number of halogens is 2. The minimum Gasteiger partial charge on any atom is -0.399 e. The zero-order valence-electron chi connectivity index (χ0n) is 10.3. The van der Waals surface area contributed by atoms with Crippen LogP contribution in [0.4, 0.5) is 5.69 Å². The van der Waals surface area contributed by atoms with Crippen LogP contribution in [0.5, 0.6) is 0 Å². The fourth-order valence-electron chi connectivity index (χ4n) is 1.58. The van der Waals surface area contributed by atoms with Crippen LogP contribution >= 0.6 is 23.2 Å². The van der Waals surface area contributed by atoms with Gasteiger partial charge in [0.1, 0.15) is 4.90 Å². The molecular formula is C13H12Cl2N2O2S. The van der Waals surface area contributed by atoms with Crippen LogP contribution in [0, 0.1) is 0 Å². The van der Waals surface area contributed by atoms with Crippen LogP contribution in [-0.4, -0.2) is 8.42 Å². The second-order valence-electron chi connectivity index (χ2n) is 4.12. The Kier molecular flexibility index (Phi) is 4.55. The quantitative estimate of drug-likeness (QED) is 0.846. The van der Waals surface area contributed by atoms with Crippen molar-refractivity contribution in [2.24, 2.45) is 0 Å². The SMILES string of the molecule is Nc1ccc(CNS(=O)(=O)c2cccc(Cl)c2Cl)cc1. The van der Waals surface area contributed by atoms with E-state index in [2.05, 4.69) is 4.72 Å². The normalized spacial score (nSPS) is 11.5. The van der Waals surface area contributed by atoms with Gasteiger partial charge >= 0.3 is 0 Å². The summed E-state index contributed by atoms with van der Waals surface area (Å²) in [6, 6.07) is 11.4. The summed E-state index contributed by atoms with van der Waals surface area (Å²) in [6.07, 6.45) is 0. The molecule has 20 heavy (non-hydrogen) atoms. The zero-order valence-corrected chi connectivity index (χ0v) is 12.6. The highest BCUT2D eigenvalue weighted by Gasteiger charge is 2.18. The lowest BCUT2D eigenvalue weighted by Gasteiger charge is -2.09. The average Bonchev–Trinajstić information content (AvgIpc) is 2.41. The molecule has 0 atom stereocenters. The molecule has 0 radical (unpaired) electrons. The minimum atomic E-state index is -3.72. The summed E-state index contributed by atoms with van der Waals surface area (Å²) in [6.45, 7) is 0.144. The Bertz CT molecular complexity index is 716. The van der Waals surface area contributed by atoms with Crippen molar-refractivity contribution in [2.45, 2.75) is 11.4 Å². The first-order chi connectivity index (χ1) is 9.40. The standard InChI is InChI=1S/C13H12Cl2N2O2S/c14-11-2-1-3-12(13(11)15)20(18,19)17-8-9-4-6-10(16)7-5-9/h1-7,17H,8,16H2.